The van der Waals surface area contributed by atoms with Crippen LogP contribution in [0.25, 0.3) is 0 Å². The molecule has 0 amide bonds. The van der Waals surface area contributed by atoms with Gasteiger partial charge in [0.05, 0.1) is 18.5 Å². The lowest BCUT2D eigenvalue weighted by Gasteiger charge is -2.38. The van der Waals surface area contributed by atoms with Crippen LogP contribution in [0.3, 0.4) is 0 Å². The van der Waals surface area contributed by atoms with Gasteiger partial charge in [-0.3, -0.25) is 9.69 Å². The van der Waals surface area contributed by atoms with Crippen molar-refractivity contribution in [2.24, 2.45) is 11.8 Å². The Morgan fingerprint density at radius 3 is 2.71 bits per heavy atom. The van der Waals surface area contributed by atoms with Crippen molar-refractivity contribution in [1.82, 2.24) is 4.90 Å². The molecule has 1 aliphatic carbocycles. The molecular weight excluding hydrogens is 216 g/mol. The largest absolute Gasteiger partial charge is 0.481 e. The minimum atomic E-state index is -0.781. The summed E-state index contributed by atoms with van der Waals surface area (Å²) in [5.41, 5.74) is 0. The third-order valence-electron chi connectivity index (χ3n) is 3.74. The molecule has 0 heterocycles. The maximum absolute atomic E-state index is 10.9. The van der Waals surface area contributed by atoms with Gasteiger partial charge >= 0.3 is 5.97 Å². The molecule has 0 aromatic heterocycles. The number of carboxylic acid groups (broad SMARTS) is 1. The Morgan fingerprint density at radius 1 is 1.53 bits per heavy atom. The highest BCUT2D eigenvalue weighted by molar-refractivity contribution is 5.69. The van der Waals surface area contributed by atoms with Gasteiger partial charge in [0, 0.05) is 12.6 Å². The van der Waals surface area contributed by atoms with Gasteiger partial charge in [0.15, 0.2) is 0 Å². The zero-order chi connectivity index (χ0) is 12.8. The fraction of sp³-hybridized carbons (Fsp3) is 0.846. The average molecular weight is 238 g/mol. The van der Waals surface area contributed by atoms with Gasteiger partial charge in [-0.25, -0.2) is 0 Å². The summed E-state index contributed by atoms with van der Waals surface area (Å²) in [6, 6.07) is 2.54. The first-order valence-corrected chi connectivity index (χ1v) is 6.40. The molecule has 0 aromatic carbocycles. The molecule has 4 nitrogen and oxygen atoms in total. The first-order chi connectivity index (χ1) is 8.06. The van der Waals surface area contributed by atoms with Crippen LogP contribution in [0.2, 0.25) is 0 Å². The molecule has 0 aliphatic heterocycles. The van der Waals surface area contributed by atoms with Crippen molar-refractivity contribution < 1.29 is 9.90 Å². The Balaban J connectivity index is 2.63. The first kappa shape index (κ1) is 14.0. The molecule has 1 saturated carbocycles. The predicted octanol–water partition coefficient (Wildman–Crippen LogP) is 2.11. The normalized spacial score (nSPS) is 26.5. The molecule has 96 valence electrons. The molecular formula is C13H22N2O2. The van der Waals surface area contributed by atoms with Gasteiger partial charge in [-0.1, -0.05) is 26.7 Å². The van der Waals surface area contributed by atoms with Crippen LogP contribution in [0.5, 0.6) is 0 Å². The van der Waals surface area contributed by atoms with E-state index in [1.165, 1.54) is 19.3 Å². The topological polar surface area (TPSA) is 64.3 Å². The van der Waals surface area contributed by atoms with Gasteiger partial charge in [0.1, 0.15) is 0 Å². The van der Waals surface area contributed by atoms with E-state index in [1.54, 1.807) is 6.92 Å². The van der Waals surface area contributed by atoms with Gasteiger partial charge in [-0.2, -0.15) is 5.26 Å². The molecule has 17 heavy (non-hydrogen) atoms. The smallest absolute Gasteiger partial charge is 0.307 e. The molecule has 0 aromatic rings. The van der Waals surface area contributed by atoms with E-state index in [4.69, 9.17) is 10.4 Å². The second kappa shape index (κ2) is 6.61. The molecule has 0 spiro atoms. The number of hydrogen-bond acceptors (Lipinski definition) is 3. The van der Waals surface area contributed by atoms with Crippen LogP contribution in [-0.2, 0) is 4.79 Å². The summed E-state index contributed by atoms with van der Waals surface area (Å²) in [5.74, 6) is -0.619. The molecule has 0 radical (unpaired) electrons. The number of rotatable bonds is 5. The minimum absolute atomic E-state index is 0.340. The fourth-order valence-electron chi connectivity index (χ4n) is 2.68. The number of nitrogens with zero attached hydrogens (tertiary/aromatic N) is 2. The van der Waals surface area contributed by atoms with Crippen molar-refractivity contribution in [3.05, 3.63) is 0 Å². The number of carbonyl (C=O) groups is 1. The monoisotopic (exact) mass is 238 g/mol. The Morgan fingerprint density at radius 2 is 2.18 bits per heavy atom. The summed E-state index contributed by atoms with van der Waals surface area (Å²) in [4.78, 5) is 13.0. The molecule has 4 heteroatoms. The summed E-state index contributed by atoms with van der Waals surface area (Å²) in [6.45, 7) is 4.74. The van der Waals surface area contributed by atoms with Crippen LogP contribution < -0.4 is 0 Å². The molecule has 3 unspecified atom stereocenters. The fourth-order valence-corrected chi connectivity index (χ4v) is 2.68. The molecule has 0 bridgehead atoms. The molecule has 1 aliphatic rings. The van der Waals surface area contributed by atoms with E-state index in [2.05, 4.69) is 17.9 Å². The molecule has 1 fully saturated rings. The van der Waals surface area contributed by atoms with E-state index < -0.39 is 11.9 Å². The predicted molar refractivity (Wildman–Crippen MR) is 65.4 cm³/mol. The van der Waals surface area contributed by atoms with E-state index in [-0.39, 0.29) is 0 Å². The second-order valence-electron chi connectivity index (χ2n) is 5.16. The number of hydrogen-bond donors (Lipinski definition) is 1. The third kappa shape index (κ3) is 4.01. The highest BCUT2D eigenvalue weighted by atomic mass is 16.4. The van der Waals surface area contributed by atoms with E-state index in [1.807, 2.05) is 0 Å². The lowest BCUT2D eigenvalue weighted by molar-refractivity contribution is -0.142. The summed E-state index contributed by atoms with van der Waals surface area (Å²) in [6.07, 6.45) is 4.73. The van der Waals surface area contributed by atoms with Crippen molar-refractivity contribution in [1.29, 1.82) is 5.26 Å². The van der Waals surface area contributed by atoms with Crippen LogP contribution in [-0.4, -0.2) is 35.1 Å². The van der Waals surface area contributed by atoms with Crippen molar-refractivity contribution in [2.75, 3.05) is 13.1 Å². The van der Waals surface area contributed by atoms with Gasteiger partial charge in [0.2, 0.25) is 0 Å². The lowest BCUT2D eigenvalue weighted by atomic mass is 9.84. The number of aliphatic carboxylic acids is 1. The van der Waals surface area contributed by atoms with Crippen LogP contribution in [0, 0.1) is 23.2 Å². The van der Waals surface area contributed by atoms with Gasteiger partial charge in [0.25, 0.3) is 0 Å². The first-order valence-electron chi connectivity index (χ1n) is 6.40. The molecule has 3 atom stereocenters. The van der Waals surface area contributed by atoms with Crippen molar-refractivity contribution in [3.63, 3.8) is 0 Å². The third-order valence-corrected chi connectivity index (χ3v) is 3.74. The quantitative estimate of drug-likeness (QED) is 0.745. The van der Waals surface area contributed by atoms with E-state index in [9.17, 15) is 4.79 Å². The van der Waals surface area contributed by atoms with Crippen LogP contribution in [0.15, 0.2) is 0 Å². The molecule has 0 saturated heterocycles. The van der Waals surface area contributed by atoms with E-state index >= 15 is 0 Å². The highest BCUT2D eigenvalue weighted by Crippen LogP contribution is 2.28. The second-order valence-corrected chi connectivity index (χ2v) is 5.16. The Labute approximate surface area is 103 Å². The van der Waals surface area contributed by atoms with Gasteiger partial charge in [-0.05, 0) is 18.8 Å². The Hall–Kier alpha value is -1.08. The Kier molecular flexibility index (Phi) is 5.43. The van der Waals surface area contributed by atoms with Crippen molar-refractivity contribution in [2.45, 2.75) is 45.6 Å². The van der Waals surface area contributed by atoms with Crippen LogP contribution >= 0.6 is 0 Å². The number of carboxylic acids is 1. The van der Waals surface area contributed by atoms with Gasteiger partial charge in [-0.15, -0.1) is 0 Å². The standard InChI is InChI=1S/C13H22N2O2/c1-10-5-3-4-6-12(10)15(8-7-14)9-11(2)13(16)17/h10-12H,3-6,8-9H2,1-2H3,(H,16,17). The number of nitriles is 1. The SMILES string of the molecule is CC(CN(CC#N)C1CCCCC1C)C(=O)O. The summed E-state index contributed by atoms with van der Waals surface area (Å²) in [5, 5.41) is 17.8. The highest BCUT2D eigenvalue weighted by Gasteiger charge is 2.29. The average Bonchev–Trinajstić information content (AvgIpc) is 2.29. The molecule has 1 N–H and O–H groups in total. The summed E-state index contributed by atoms with van der Waals surface area (Å²) >= 11 is 0. The van der Waals surface area contributed by atoms with Crippen LogP contribution in [0.1, 0.15) is 39.5 Å². The summed E-state index contributed by atoms with van der Waals surface area (Å²) in [7, 11) is 0. The zero-order valence-electron chi connectivity index (χ0n) is 10.7. The zero-order valence-corrected chi connectivity index (χ0v) is 10.7. The van der Waals surface area contributed by atoms with Crippen LogP contribution in [0.4, 0.5) is 0 Å². The maximum atomic E-state index is 10.9. The minimum Gasteiger partial charge on any atom is -0.481 e. The Bertz CT molecular complexity index is 298. The van der Waals surface area contributed by atoms with E-state index in [0.29, 0.717) is 25.0 Å². The van der Waals surface area contributed by atoms with E-state index in [0.717, 1.165) is 6.42 Å². The molecule has 1 rings (SSSR count). The lowest BCUT2D eigenvalue weighted by Crippen LogP contribution is -2.44. The van der Waals surface area contributed by atoms with Crippen molar-refractivity contribution >= 4 is 5.97 Å². The van der Waals surface area contributed by atoms with Crippen molar-refractivity contribution in [3.8, 4) is 6.07 Å². The maximum Gasteiger partial charge on any atom is 0.307 e. The van der Waals surface area contributed by atoms with Gasteiger partial charge < -0.3 is 5.11 Å². The summed E-state index contributed by atoms with van der Waals surface area (Å²) < 4.78 is 0.